The smallest absolute Gasteiger partial charge is 0.157 e. The van der Waals surface area contributed by atoms with E-state index in [0.29, 0.717) is 5.17 Å². The highest BCUT2D eigenvalue weighted by molar-refractivity contribution is 7.78. The predicted octanol–water partition coefficient (Wildman–Crippen LogP) is 2.33. The second-order valence-corrected chi connectivity index (χ2v) is 2.88. The number of hydrogen-bond donors (Lipinski definition) is 2. The molecule has 4 heteroatoms. The van der Waals surface area contributed by atoms with Gasteiger partial charge in [0.15, 0.2) is 5.17 Å². The van der Waals surface area contributed by atoms with Crippen LogP contribution in [0.4, 0.5) is 0 Å². The molecule has 1 rings (SSSR count). The molecule has 0 spiro atoms. The maximum absolute atomic E-state index is 5.85. The van der Waals surface area contributed by atoms with Crippen LogP contribution in [-0.2, 0) is 0 Å². The summed E-state index contributed by atoms with van der Waals surface area (Å²) in [6.45, 7) is 1.98. The second kappa shape index (κ2) is 4.38. The fourth-order valence-corrected chi connectivity index (χ4v) is 1.32. The van der Waals surface area contributed by atoms with Gasteiger partial charge in [0.05, 0.1) is 0 Å². The monoisotopic (exact) mass is 200 g/mol. The minimum atomic E-state index is 0.420. The molecule has 0 radical (unpaired) electrons. The zero-order valence-electron chi connectivity index (χ0n) is 6.58. The Labute approximate surface area is 82.2 Å². The summed E-state index contributed by atoms with van der Waals surface area (Å²) in [6.07, 6.45) is 0. The highest BCUT2D eigenvalue weighted by atomic mass is 35.5. The van der Waals surface area contributed by atoms with Crippen LogP contribution in [0.15, 0.2) is 29.4 Å². The molecule has 0 fully saturated rings. The lowest BCUT2D eigenvalue weighted by atomic mass is 10.1. The summed E-state index contributed by atoms with van der Waals surface area (Å²) in [4.78, 5) is 2.34. The first-order valence-electron chi connectivity index (χ1n) is 3.44. The van der Waals surface area contributed by atoms with Gasteiger partial charge in [0.1, 0.15) is 0 Å². The molecule has 0 unspecified atom stereocenters. The number of thiol groups is 1. The van der Waals surface area contributed by atoms with Crippen LogP contribution in [0.3, 0.4) is 0 Å². The molecule has 0 aromatic heterocycles. The van der Waals surface area contributed by atoms with E-state index in [1.165, 1.54) is 0 Å². The van der Waals surface area contributed by atoms with Gasteiger partial charge in [-0.25, -0.2) is 0 Å². The first kappa shape index (κ1) is 9.42. The number of hydrogen-bond acceptors (Lipinski definition) is 3. The molecular weight excluding hydrogens is 192 g/mol. The van der Waals surface area contributed by atoms with E-state index in [1.807, 2.05) is 31.2 Å². The van der Waals surface area contributed by atoms with Crippen molar-refractivity contribution in [3.63, 3.8) is 0 Å². The van der Waals surface area contributed by atoms with Crippen molar-refractivity contribution in [2.45, 2.75) is 6.92 Å². The number of aryl methyl sites for hydroxylation is 1. The molecule has 0 aliphatic heterocycles. The molecule has 0 aliphatic carbocycles. The predicted molar refractivity (Wildman–Crippen MR) is 55.7 cm³/mol. The van der Waals surface area contributed by atoms with E-state index >= 15 is 0 Å². The van der Waals surface area contributed by atoms with Crippen LogP contribution < -0.4 is 4.83 Å². The van der Waals surface area contributed by atoms with Gasteiger partial charge in [-0.1, -0.05) is 48.7 Å². The summed E-state index contributed by atoms with van der Waals surface area (Å²) in [6, 6.07) is 7.76. The number of hydrazone groups is 1. The molecule has 0 bridgehead atoms. The lowest BCUT2D eigenvalue weighted by Crippen LogP contribution is -1.98. The van der Waals surface area contributed by atoms with Gasteiger partial charge >= 0.3 is 0 Å². The molecule has 0 saturated carbocycles. The van der Waals surface area contributed by atoms with Crippen LogP contribution in [0.5, 0.6) is 0 Å². The van der Waals surface area contributed by atoms with Crippen LogP contribution >= 0.6 is 24.4 Å². The zero-order valence-corrected chi connectivity index (χ0v) is 8.23. The largest absolute Gasteiger partial charge is 0.254 e. The second-order valence-electron chi connectivity index (χ2n) is 2.32. The van der Waals surface area contributed by atoms with E-state index in [1.54, 1.807) is 0 Å². The Bertz CT molecular complexity index is 299. The van der Waals surface area contributed by atoms with Crippen molar-refractivity contribution in [2.24, 2.45) is 5.10 Å². The number of nitrogens with one attached hydrogen (secondary N) is 1. The SMILES string of the molecule is Cc1ccccc1/C(Cl)=N/NS. The van der Waals surface area contributed by atoms with Crippen molar-refractivity contribution in [3.8, 4) is 0 Å². The molecule has 1 aromatic rings. The molecular formula is C8H9ClN2S. The summed E-state index contributed by atoms with van der Waals surface area (Å²) in [5.74, 6) is 0. The minimum absolute atomic E-state index is 0.420. The lowest BCUT2D eigenvalue weighted by Gasteiger charge is -2.01. The standard InChI is InChI=1S/C8H9ClN2S/c1-6-4-2-3-5-7(6)8(9)10-11-12/h2-5,11-12H,1H3/b10-8-. The molecule has 1 aromatic carbocycles. The summed E-state index contributed by atoms with van der Waals surface area (Å²) >= 11 is 9.57. The maximum atomic E-state index is 5.85. The average Bonchev–Trinajstić information content (AvgIpc) is 2.05. The Kier molecular flexibility index (Phi) is 3.44. The molecule has 0 atom stereocenters. The highest BCUT2D eigenvalue weighted by Crippen LogP contribution is 2.10. The zero-order chi connectivity index (χ0) is 8.97. The summed E-state index contributed by atoms with van der Waals surface area (Å²) in [5, 5.41) is 4.17. The normalized spacial score (nSPS) is 11.4. The van der Waals surface area contributed by atoms with Crippen LogP contribution in [0, 0.1) is 6.92 Å². The number of nitrogens with zero attached hydrogens (tertiary/aromatic N) is 1. The first-order chi connectivity index (χ1) is 5.75. The molecule has 0 amide bonds. The van der Waals surface area contributed by atoms with Crippen molar-refractivity contribution in [1.82, 2.24) is 4.83 Å². The van der Waals surface area contributed by atoms with Crippen molar-refractivity contribution in [3.05, 3.63) is 35.4 Å². The van der Waals surface area contributed by atoms with Crippen molar-refractivity contribution in [2.75, 3.05) is 0 Å². The van der Waals surface area contributed by atoms with Gasteiger partial charge in [-0.15, -0.1) is 0 Å². The van der Waals surface area contributed by atoms with Crippen LogP contribution in [-0.4, -0.2) is 5.17 Å². The first-order valence-corrected chi connectivity index (χ1v) is 4.26. The van der Waals surface area contributed by atoms with Gasteiger partial charge in [0.2, 0.25) is 0 Å². The van der Waals surface area contributed by atoms with Crippen molar-refractivity contribution < 1.29 is 0 Å². The van der Waals surface area contributed by atoms with Gasteiger partial charge in [-0.3, -0.25) is 4.83 Å². The maximum Gasteiger partial charge on any atom is 0.157 e. The third-order valence-corrected chi connectivity index (χ3v) is 1.90. The van der Waals surface area contributed by atoms with Gasteiger partial charge in [-0.05, 0) is 12.5 Å². The number of rotatable bonds is 2. The summed E-state index contributed by atoms with van der Waals surface area (Å²) in [7, 11) is 0. The van der Waals surface area contributed by atoms with Gasteiger partial charge in [0, 0.05) is 5.56 Å². The van der Waals surface area contributed by atoms with Gasteiger partial charge < -0.3 is 0 Å². The van der Waals surface area contributed by atoms with Gasteiger partial charge in [0.25, 0.3) is 0 Å². The lowest BCUT2D eigenvalue weighted by molar-refractivity contribution is 1.13. The number of halogens is 1. The Morgan fingerprint density at radius 2 is 2.17 bits per heavy atom. The van der Waals surface area contributed by atoms with Gasteiger partial charge in [-0.2, -0.15) is 5.10 Å². The van der Waals surface area contributed by atoms with E-state index in [4.69, 9.17) is 11.6 Å². The van der Waals surface area contributed by atoms with E-state index in [9.17, 15) is 0 Å². The Morgan fingerprint density at radius 3 is 2.75 bits per heavy atom. The molecule has 0 saturated heterocycles. The van der Waals surface area contributed by atoms with E-state index < -0.39 is 0 Å². The Balaban J connectivity index is 3.02. The molecule has 0 heterocycles. The van der Waals surface area contributed by atoms with Crippen molar-refractivity contribution >= 4 is 29.6 Å². The van der Waals surface area contributed by atoms with Crippen LogP contribution in [0.1, 0.15) is 11.1 Å². The van der Waals surface area contributed by atoms with Crippen molar-refractivity contribution in [1.29, 1.82) is 0 Å². The van der Waals surface area contributed by atoms with E-state index in [0.717, 1.165) is 11.1 Å². The minimum Gasteiger partial charge on any atom is -0.254 e. The third kappa shape index (κ3) is 2.16. The Morgan fingerprint density at radius 1 is 1.50 bits per heavy atom. The Hall–Kier alpha value is -0.670. The summed E-state index contributed by atoms with van der Waals surface area (Å²) < 4.78 is 0. The molecule has 12 heavy (non-hydrogen) atoms. The molecule has 1 N–H and O–H groups in total. The quantitative estimate of drug-likeness (QED) is 0.428. The van der Waals surface area contributed by atoms with Crippen LogP contribution in [0.2, 0.25) is 0 Å². The van der Waals surface area contributed by atoms with E-state index in [-0.39, 0.29) is 0 Å². The van der Waals surface area contributed by atoms with E-state index in [2.05, 4.69) is 22.7 Å². The highest BCUT2D eigenvalue weighted by Gasteiger charge is 2.01. The van der Waals surface area contributed by atoms with Crippen LogP contribution in [0.25, 0.3) is 0 Å². The fourth-order valence-electron chi connectivity index (χ4n) is 0.908. The summed E-state index contributed by atoms with van der Waals surface area (Å²) in [5.41, 5.74) is 2.01. The molecule has 0 aliphatic rings. The molecule has 2 nitrogen and oxygen atoms in total. The molecule has 64 valence electrons. The average molecular weight is 201 g/mol. The fraction of sp³-hybridized carbons (Fsp3) is 0.125. The third-order valence-electron chi connectivity index (χ3n) is 1.52. The topological polar surface area (TPSA) is 24.4 Å². The number of benzene rings is 1.